The zero-order valence-electron chi connectivity index (χ0n) is 12.0. The molecule has 1 fully saturated rings. The van der Waals surface area contributed by atoms with Crippen LogP contribution < -0.4 is 5.73 Å². The van der Waals surface area contributed by atoms with Crippen LogP contribution in [0.15, 0.2) is 12.5 Å². The third-order valence-electron chi connectivity index (χ3n) is 4.32. The Bertz CT molecular complexity index is 364. The fourth-order valence-corrected chi connectivity index (χ4v) is 3.24. The summed E-state index contributed by atoms with van der Waals surface area (Å²) in [5, 5.41) is 0. The SMILES string of the molecule is CC(C)CC(N)c1cncn1C(C)C1CCCC1. The molecule has 0 aliphatic heterocycles. The number of rotatable bonds is 5. The van der Waals surface area contributed by atoms with Gasteiger partial charge in [-0.25, -0.2) is 4.98 Å². The first-order valence-electron chi connectivity index (χ1n) is 7.37. The molecule has 2 unspecified atom stereocenters. The Morgan fingerprint density at radius 2 is 2.00 bits per heavy atom. The highest BCUT2D eigenvalue weighted by Gasteiger charge is 2.25. The molecular weight excluding hydrogens is 222 g/mol. The van der Waals surface area contributed by atoms with Crippen LogP contribution in [0, 0.1) is 11.8 Å². The average Bonchev–Trinajstić information content (AvgIpc) is 2.98. The number of imidazole rings is 1. The molecule has 0 radical (unpaired) electrons. The van der Waals surface area contributed by atoms with Crippen molar-refractivity contribution in [2.45, 2.75) is 65.0 Å². The van der Waals surface area contributed by atoms with Gasteiger partial charge in [0.15, 0.2) is 0 Å². The van der Waals surface area contributed by atoms with Gasteiger partial charge in [-0.2, -0.15) is 0 Å². The zero-order valence-corrected chi connectivity index (χ0v) is 12.0. The molecule has 1 aromatic heterocycles. The highest BCUT2D eigenvalue weighted by Crippen LogP contribution is 2.35. The maximum absolute atomic E-state index is 6.32. The van der Waals surface area contributed by atoms with Crippen molar-refractivity contribution in [1.29, 1.82) is 0 Å². The Labute approximate surface area is 111 Å². The minimum absolute atomic E-state index is 0.122. The van der Waals surface area contributed by atoms with Crippen LogP contribution in [0.5, 0.6) is 0 Å². The van der Waals surface area contributed by atoms with Gasteiger partial charge in [-0.3, -0.25) is 0 Å². The highest BCUT2D eigenvalue weighted by molar-refractivity contribution is 5.06. The van der Waals surface area contributed by atoms with Crippen molar-refractivity contribution in [3.05, 3.63) is 18.2 Å². The molecule has 102 valence electrons. The van der Waals surface area contributed by atoms with Crippen LogP contribution in [0.3, 0.4) is 0 Å². The van der Waals surface area contributed by atoms with Gasteiger partial charge in [0.25, 0.3) is 0 Å². The normalized spacial score (nSPS) is 20.5. The van der Waals surface area contributed by atoms with Crippen LogP contribution in [0.2, 0.25) is 0 Å². The molecule has 2 atom stereocenters. The summed E-state index contributed by atoms with van der Waals surface area (Å²) in [4.78, 5) is 4.33. The second-order valence-electron chi connectivity index (χ2n) is 6.25. The molecule has 1 saturated carbocycles. The summed E-state index contributed by atoms with van der Waals surface area (Å²) in [6.07, 6.45) is 10.4. The van der Waals surface area contributed by atoms with Crippen LogP contribution in [0.1, 0.15) is 70.7 Å². The van der Waals surface area contributed by atoms with Gasteiger partial charge in [0.2, 0.25) is 0 Å². The van der Waals surface area contributed by atoms with Crippen molar-refractivity contribution in [3.8, 4) is 0 Å². The predicted molar refractivity (Wildman–Crippen MR) is 75.3 cm³/mol. The van der Waals surface area contributed by atoms with Gasteiger partial charge in [0.05, 0.1) is 12.0 Å². The van der Waals surface area contributed by atoms with Gasteiger partial charge in [0.1, 0.15) is 0 Å². The minimum Gasteiger partial charge on any atom is -0.330 e. The first-order valence-corrected chi connectivity index (χ1v) is 7.37. The van der Waals surface area contributed by atoms with E-state index < -0.39 is 0 Å². The lowest BCUT2D eigenvalue weighted by Crippen LogP contribution is -2.21. The second-order valence-corrected chi connectivity index (χ2v) is 6.25. The van der Waals surface area contributed by atoms with Gasteiger partial charge >= 0.3 is 0 Å². The van der Waals surface area contributed by atoms with Crippen molar-refractivity contribution < 1.29 is 0 Å². The van der Waals surface area contributed by atoms with E-state index in [1.165, 1.54) is 31.4 Å². The quantitative estimate of drug-likeness (QED) is 0.865. The summed E-state index contributed by atoms with van der Waals surface area (Å²) >= 11 is 0. The lowest BCUT2D eigenvalue weighted by molar-refractivity contribution is 0.343. The van der Waals surface area contributed by atoms with Crippen molar-refractivity contribution >= 4 is 0 Å². The third-order valence-corrected chi connectivity index (χ3v) is 4.32. The Morgan fingerprint density at radius 3 is 2.61 bits per heavy atom. The lowest BCUT2D eigenvalue weighted by atomic mass is 9.97. The van der Waals surface area contributed by atoms with E-state index >= 15 is 0 Å². The largest absolute Gasteiger partial charge is 0.330 e. The molecular formula is C15H27N3. The van der Waals surface area contributed by atoms with E-state index in [4.69, 9.17) is 5.73 Å². The highest BCUT2D eigenvalue weighted by atomic mass is 15.1. The third kappa shape index (κ3) is 2.94. The Morgan fingerprint density at radius 1 is 1.33 bits per heavy atom. The summed E-state index contributed by atoms with van der Waals surface area (Å²) in [6.45, 7) is 6.77. The summed E-state index contributed by atoms with van der Waals surface area (Å²) in [6, 6.07) is 0.666. The molecule has 3 heteroatoms. The van der Waals surface area contributed by atoms with E-state index in [9.17, 15) is 0 Å². The fraction of sp³-hybridized carbons (Fsp3) is 0.800. The maximum Gasteiger partial charge on any atom is 0.0951 e. The van der Waals surface area contributed by atoms with Crippen LogP contribution in [0.4, 0.5) is 0 Å². The Balaban J connectivity index is 2.10. The number of hydrogen-bond acceptors (Lipinski definition) is 2. The van der Waals surface area contributed by atoms with Crippen LogP contribution in [-0.2, 0) is 0 Å². The topological polar surface area (TPSA) is 43.8 Å². The molecule has 0 saturated heterocycles. The van der Waals surface area contributed by atoms with Crippen molar-refractivity contribution in [1.82, 2.24) is 9.55 Å². The molecule has 0 amide bonds. The molecule has 18 heavy (non-hydrogen) atoms. The van der Waals surface area contributed by atoms with Crippen molar-refractivity contribution in [3.63, 3.8) is 0 Å². The summed E-state index contributed by atoms with van der Waals surface area (Å²) < 4.78 is 2.32. The van der Waals surface area contributed by atoms with Gasteiger partial charge in [-0.15, -0.1) is 0 Å². The van der Waals surface area contributed by atoms with E-state index in [-0.39, 0.29) is 6.04 Å². The molecule has 1 aromatic rings. The summed E-state index contributed by atoms with van der Waals surface area (Å²) in [7, 11) is 0. The standard InChI is InChI=1S/C15H27N3/c1-11(2)8-14(16)15-9-17-10-18(15)12(3)13-6-4-5-7-13/h9-14H,4-8,16H2,1-3H3. The van der Waals surface area contributed by atoms with Crippen LogP contribution in [-0.4, -0.2) is 9.55 Å². The minimum atomic E-state index is 0.122. The van der Waals surface area contributed by atoms with E-state index in [0.717, 1.165) is 12.3 Å². The average molecular weight is 249 g/mol. The van der Waals surface area contributed by atoms with Gasteiger partial charge < -0.3 is 10.3 Å². The first kappa shape index (κ1) is 13.6. The van der Waals surface area contributed by atoms with Gasteiger partial charge in [-0.05, 0) is 38.0 Å². The maximum atomic E-state index is 6.32. The molecule has 0 spiro atoms. The second kappa shape index (κ2) is 5.87. The molecule has 2 rings (SSSR count). The predicted octanol–water partition coefficient (Wildman–Crippen LogP) is 3.68. The van der Waals surface area contributed by atoms with E-state index in [0.29, 0.717) is 12.0 Å². The molecule has 0 aromatic carbocycles. The van der Waals surface area contributed by atoms with Crippen LogP contribution >= 0.6 is 0 Å². The monoisotopic (exact) mass is 249 g/mol. The molecule has 1 heterocycles. The fourth-order valence-electron chi connectivity index (χ4n) is 3.24. The molecule has 1 aliphatic rings. The Kier molecular flexibility index (Phi) is 4.44. The van der Waals surface area contributed by atoms with E-state index in [1.54, 1.807) is 0 Å². The van der Waals surface area contributed by atoms with Gasteiger partial charge in [-0.1, -0.05) is 26.7 Å². The molecule has 1 aliphatic carbocycles. The first-order chi connectivity index (χ1) is 8.59. The van der Waals surface area contributed by atoms with Gasteiger partial charge in [0, 0.05) is 18.3 Å². The van der Waals surface area contributed by atoms with Crippen molar-refractivity contribution in [2.75, 3.05) is 0 Å². The molecule has 3 nitrogen and oxygen atoms in total. The van der Waals surface area contributed by atoms with E-state index in [2.05, 4.69) is 30.3 Å². The van der Waals surface area contributed by atoms with Crippen LogP contribution in [0.25, 0.3) is 0 Å². The molecule has 2 N–H and O–H groups in total. The summed E-state index contributed by atoms with van der Waals surface area (Å²) in [5.74, 6) is 1.44. The Hall–Kier alpha value is -0.830. The van der Waals surface area contributed by atoms with E-state index in [1.807, 2.05) is 12.5 Å². The lowest BCUT2D eigenvalue weighted by Gasteiger charge is -2.25. The summed E-state index contributed by atoms with van der Waals surface area (Å²) in [5.41, 5.74) is 7.53. The number of nitrogens with two attached hydrogens (primary N) is 1. The number of aromatic nitrogens is 2. The zero-order chi connectivity index (χ0) is 13.1. The molecule has 0 bridgehead atoms. The number of nitrogens with zero attached hydrogens (tertiary/aromatic N) is 2. The van der Waals surface area contributed by atoms with Crippen molar-refractivity contribution in [2.24, 2.45) is 17.6 Å². The smallest absolute Gasteiger partial charge is 0.0951 e. The number of hydrogen-bond donors (Lipinski definition) is 1.